The molecule has 1 heterocycles. The fourth-order valence-corrected chi connectivity index (χ4v) is 2.85. The molecule has 0 aliphatic heterocycles. The Kier molecular flexibility index (Phi) is 5.22. The summed E-state index contributed by atoms with van der Waals surface area (Å²) in [4.78, 5) is 12.9. The van der Waals surface area contributed by atoms with Crippen LogP contribution in [-0.2, 0) is 0 Å². The van der Waals surface area contributed by atoms with Crippen LogP contribution in [-0.4, -0.2) is 22.2 Å². The topological polar surface area (TPSA) is 69.6 Å². The molecule has 0 bridgehead atoms. The van der Waals surface area contributed by atoms with Gasteiger partial charge in [-0.15, -0.1) is 11.3 Å². The normalized spacial score (nSPS) is 13.7. The number of benzene rings is 1. The molecule has 0 saturated heterocycles. The van der Waals surface area contributed by atoms with Crippen molar-refractivity contribution in [3.63, 3.8) is 0 Å². The maximum Gasteiger partial charge on any atom is 0.251 e. The van der Waals surface area contributed by atoms with Crippen molar-refractivity contribution >= 4 is 28.8 Å². The number of thiophene rings is 1. The van der Waals surface area contributed by atoms with Crippen LogP contribution in [0.25, 0.3) is 0 Å². The quantitative estimate of drug-likeness (QED) is 0.789. The maximum atomic E-state index is 12.1. The number of aliphatic hydroxyl groups excluding tert-OH is 1. The molecule has 2 atom stereocenters. The van der Waals surface area contributed by atoms with Gasteiger partial charge < -0.3 is 15.5 Å². The molecule has 0 radical (unpaired) electrons. The highest BCUT2D eigenvalue weighted by molar-refractivity contribution is 7.10. The Hall–Kier alpha value is -1.56. The molecule has 0 aliphatic carbocycles. The second-order valence-electron chi connectivity index (χ2n) is 4.81. The van der Waals surface area contributed by atoms with Gasteiger partial charge >= 0.3 is 0 Å². The molecular formula is C15H16ClNO3S. The Morgan fingerprint density at radius 1 is 1.43 bits per heavy atom. The van der Waals surface area contributed by atoms with Crippen LogP contribution in [0.2, 0.25) is 5.02 Å². The third kappa shape index (κ3) is 4.20. The summed E-state index contributed by atoms with van der Waals surface area (Å²) in [5.41, 5.74) is 0.371. The second-order valence-corrected chi connectivity index (χ2v) is 6.19. The predicted octanol–water partition coefficient (Wildman–Crippen LogP) is 3.35. The van der Waals surface area contributed by atoms with Gasteiger partial charge in [0.05, 0.1) is 11.1 Å². The van der Waals surface area contributed by atoms with Gasteiger partial charge in [0.25, 0.3) is 5.91 Å². The number of hydrogen-bond acceptors (Lipinski definition) is 4. The molecule has 1 aromatic carbocycles. The highest BCUT2D eigenvalue weighted by Crippen LogP contribution is 2.25. The summed E-state index contributed by atoms with van der Waals surface area (Å²) in [6.45, 7) is 1.83. The lowest BCUT2D eigenvalue weighted by Gasteiger charge is -2.17. The summed E-state index contributed by atoms with van der Waals surface area (Å²) in [6, 6.07) is 7.84. The molecule has 2 unspecified atom stereocenters. The minimum absolute atomic E-state index is 0.0608. The van der Waals surface area contributed by atoms with E-state index in [2.05, 4.69) is 5.32 Å². The van der Waals surface area contributed by atoms with Crippen molar-refractivity contribution in [2.24, 2.45) is 0 Å². The highest BCUT2D eigenvalue weighted by Gasteiger charge is 2.16. The van der Waals surface area contributed by atoms with E-state index in [9.17, 15) is 15.0 Å². The molecular weight excluding hydrogens is 310 g/mol. The fraction of sp³-hybridized carbons (Fsp3) is 0.267. The zero-order chi connectivity index (χ0) is 15.4. The summed E-state index contributed by atoms with van der Waals surface area (Å²) in [6.07, 6.45) is -0.165. The molecule has 0 saturated carbocycles. The lowest BCUT2D eigenvalue weighted by molar-refractivity contribution is 0.0918. The zero-order valence-corrected chi connectivity index (χ0v) is 13.0. The first-order valence-corrected chi connectivity index (χ1v) is 7.74. The monoisotopic (exact) mass is 325 g/mol. The number of nitrogens with one attached hydrogen (secondary N) is 1. The molecule has 2 rings (SSSR count). The minimum atomic E-state index is -0.594. The Morgan fingerprint density at radius 3 is 2.81 bits per heavy atom. The van der Waals surface area contributed by atoms with Gasteiger partial charge in [-0.05, 0) is 43.0 Å². The van der Waals surface area contributed by atoms with Gasteiger partial charge in [-0.1, -0.05) is 17.7 Å². The highest BCUT2D eigenvalue weighted by atomic mass is 35.5. The van der Waals surface area contributed by atoms with Crippen LogP contribution >= 0.6 is 22.9 Å². The molecule has 2 aromatic rings. The first-order valence-electron chi connectivity index (χ1n) is 6.48. The summed E-state index contributed by atoms with van der Waals surface area (Å²) in [7, 11) is 0. The number of aromatic hydroxyl groups is 1. The molecule has 0 aliphatic rings. The van der Waals surface area contributed by atoms with Crippen LogP contribution in [0.3, 0.4) is 0 Å². The van der Waals surface area contributed by atoms with E-state index < -0.39 is 6.10 Å². The molecule has 4 nitrogen and oxygen atoms in total. The average molecular weight is 326 g/mol. The van der Waals surface area contributed by atoms with E-state index in [0.29, 0.717) is 12.0 Å². The Bertz CT molecular complexity index is 615. The van der Waals surface area contributed by atoms with E-state index in [1.165, 1.54) is 29.5 Å². The van der Waals surface area contributed by atoms with Crippen LogP contribution in [0.5, 0.6) is 5.75 Å². The maximum absolute atomic E-state index is 12.1. The van der Waals surface area contributed by atoms with Gasteiger partial charge in [0, 0.05) is 16.5 Å². The van der Waals surface area contributed by atoms with Gasteiger partial charge in [0.15, 0.2) is 0 Å². The number of amides is 1. The molecule has 3 N–H and O–H groups in total. The van der Waals surface area contributed by atoms with Gasteiger partial charge in [0.1, 0.15) is 5.75 Å². The third-order valence-corrected chi connectivity index (χ3v) is 4.31. The van der Waals surface area contributed by atoms with Crippen LogP contribution in [0.1, 0.15) is 34.7 Å². The molecule has 6 heteroatoms. The van der Waals surface area contributed by atoms with Crippen molar-refractivity contribution in [3.05, 3.63) is 51.2 Å². The van der Waals surface area contributed by atoms with Crippen molar-refractivity contribution in [3.8, 4) is 5.75 Å². The Balaban J connectivity index is 1.94. The number of phenols is 1. The average Bonchev–Trinajstić information content (AvgIpc) is 2.95. The summed E-state index contributed by atoms with van der Waals surface area (Å²) >= 11 is 7.26. The Labute approximate surface area is 132 Å². The van der Waals surface area contributed by atoms with Gasteiger partial charge in [0.2, 0.25) is 0 Å². The molecule has 1 aromatic heterocycles. The minimum Gasteiger partial charge on any atom is -0.506 e. The first-order chi connectivity index (χ1) is 9.97. The number of rotatable bonds is 5. The summed E-state index contributed by atoms with van der Waals surface area (Å²) in [5, 5.41) is 24.2. The second kappa shape index (κ2) is 6.93. The van der Waals surface area contributed by atoms with Crippen molar-refractivity contribution in [2.45, 2.75) is 25.5 Å². The van der Waals surface area contributed by atoms with Crippen LogP contribution in [0.15, 0.2) is 35.7 Å². The SMILES string of the molecule is CC(CC(O)c1cccs1)NC(=O)c1ccc(O)c(Cl)c1. The molecule has 0 spiro atoms. The third-order valence-electron chi connectivity index (χ3n) is 3.04. The van der Waals surface area contributed by atoms with E-state index in [4.69, 9.17) is 11.6 Å². The lowest BCUT2D eigenvalue weighted by Crippen LogP contribution is -2.33. The largest absolute Gasteiger partial charge is 0.506 e. The molecule has 0 fully saturated rings. The van der Waals surface area contributed by atoms with Gasteiger partial charge in [-0.25, -0.2) is 0 Å². The van der Waals surface area contributed by atoms with Crippen molar-refractivity contribution in [2.75, 3.05) is 0 Å². The summed E-state index contributed by atoms with van der Waals surface area (Å²) in [5.74, 6) is -0.350. The standard InChI is InChI=1S/C15H16ClNO3S/c1-9(7-13(19)14-3-2-6-21-14)17-15(20)10-4-5-12(18)11(16)8-10/h2-6,8-9,13,18-19H,7H2,1H3,(H,17,20). The Morgan fingerprint density at radius 2 is 2.19 bits per heavy atom. The summed E-state index contributed by atoms with van der Waals surface area (Å²) < 4.78 is 0. The smallest absolute Gasteiger partial charge is 0.251 e. The van der Waals surface area contributed by atoms with Crippen LogP contribution in [0, 0.1) is 0 Å². The van der Waals surface area contributed by atoms with Crippen molar-refractivity contribution in [1.29, 1.82) is 0 Å². The van der Waals surface area contributed by atoms with Crippen LogP contribution in [0.4, 0.5) is 0 Å². The number of carbonyl (C=O) groups is 1. The number of aliphatic hydroxyl groups is 1. The number of phenolic OH excluding ortho intramolecular Hbond substituents is 1. The molecule has 21 heavy (non-hydrogen) atoms. The van der Waals surface area contributed by atoms with Gasteiger partial charge in [-0.2, -0.15) is 0 Å². The molecule has 1 amide bonds. The molecule has 112 valence electrons. The zero-order valence-electron chi connectivity index (χ0n) is 11.4. The van der Waals surface area contributed by atoms with E-state index >= 15 is 0 Å². The van der Waals surface area contributed by atoms with Crippen molar-refractivity contribution < 1.29 is 15.0 Å². The number of hydrogen-bond donors (Lipinski definition) is 3. The van der Waals surface area contributed by atoms with E-state index in [-0.39, 0.29) is 22.7 Å². The predicted molar refractivity (Wildman–Crippen MR) is 83.9 cm³/mol. The fourth-order valence-electron chi connectivity index (χ4n) is 1.95. The van der Waals surface area contributed by atoms with E-state index in [0.717, 1.165) is 4.88 Å². The van der Waals surface area contributed by atoms with E-state index in [1.54, 1.807) is 0 Å². The lowest BCUT2D eigenvalue weighted by atomic mass is 10.1. The van der Waals surface area contributed by atoms with Crippen LogP contribution < -0.4 is 5.32 Å². The van der Waals surface area contributed by atoms with Crippen molar-refractivity contribution in [1.82, 2.24) is 5.32 Å². The van der Waals surface area contributed by atoms with E-state index in [1.807, 2.05) is 24.4 Å². The van der Waals surface area contributed by atoms with Gasteiger partial charge in [-0.3, -0.25) is 4.79 Å². The number of carbonyl (C=O) groups excluding carboxylic acids is 1. The number of halogens is 1. The first kappa shape index (κ1) is 15.8.